The van der Waals surface area contributed by atoms with E-state index in [0.717, 1.165) is 0 Å². The van der Waals surface area contributed by atoms with Crippen molar-refractivity contribution in [3.8, 4) is 0 Å². The average molecular weight is 256 g/mol. The van der Waals surface area contributed by atoms with E-state index in [-0.39, 0.29) is 17.2 Å². The standard InChI is InChI=1S/C12H17FN2OS/c1-2-15(7-4-8-16)10-6-3-5-9(13)11(10)12(14)17/h3,5-6,16H,2,4,7-8H2,1H3,(H2,14,17). The van der Waals surface area contributed by atoms with Gasteiger partial charge in [-0.2, -0.15) is 0 Å². The summed E-state index contributed by atoms with van der Waals surface area (Å²) in [4.78, 5) is 2.01. The topological polar surface area (TPSA) is 49.5 Å². The second kappa shape index (κ2) is 6.51. The molecule has 0 aliphatic rings. The van der Waals surface area contributed by atoms with E-state index in [0.29, 0.717) is 25.2 Å². The Hall–Kier alpha value is -1.20. The van der Waals surface area contributed by atoms with Crippen molar-refractivity contribution < 1.29 is 9.50 Å². The van der Waals surface area contributed by atoms with Crippen molar-refractivity contribution in [1.82, 2.24) is 0 Å². The Bertz CT molecular complexity index is 398. The van der Waals surface area contributed by atoms with Crippen molar-refractivity contribution in [3.05, 3.63) is 29.6 Å². The highest BCUT2D eigenvalue weighted by atomic mass is 32.1. The summed E-state index contributed by atoms with van der Waals surface area (Å²) >= 11 is 4.88. The molecule has 0 atom stereocenters. The third-order valence-corrected chi connectivity index (χ3v) is 2.75. The molecule has 0 heterocycles. The van der Waals surface area contributed by atoms with E-state index >= 15 is 0 Å². The van der Waals surface area contributed by atoms with E-state index in [1.807, 2.05) is 11.8 Å². The fourth-order valence-electron chi connectivity index (χ4n) is 1.73. The quantitative estimate of drug-likeness (QED) is 0.760. The first-order valence-corrected chi connectivity index (χ1v) is 5.96. The molecule has 0 aromatic heterocycles. The maximum absolute atomic E-state index is 13.7. The third kappa shape index (κ3) is 3.38. The van der Waals surface area contributed by atoms with Crippen molar-refractivity contribution in [1.29, 1.82) is 0 Å². The Morgan fingerprint density at radius 2 is 2.24 bits per heavy atom. The molecule has 0 amide bonds. The van der Waals surface area contributed by atoms with Gasteiger partial charge in [-0.25, -0.2) is 4.39 Å². The van der Waals surface area contributed by atoms with Crippen molar-refractivity contribution in [2.75, 3.05) is 24.6 Å². The van der Waals surface area contributed by atoms with Gasteiger partial charge in [0.05, 0.1) is 5.56 Å². The number of halogens is 1. The van der Waals surface area contributed by atoms with Crippen LogP contribution in [0, 0.1) is 5.82 Å². The van der Waals surface area contributed by atoms with Crippen molar-refractivity contribution in [2.24, 2.45) is 5.73 Å². The molecule has 1 aromatic carbocycles. The van der Waals surface area contributed by atoms with Crippen molar-refractivity contribution in [2.45, 2.75) is 13.3 Å². The summed E-state index contributed by atoms with van der Waals surface area (Å²) in [6.07, 6.45) is 0.626. The molecular formula is C12H17FN2OS. The molecule has 17 heavy (non-hydrogen) atoms. The van der Waals surface area contributed by atoms with Crippen LogP contribution in [-0.2, 0) is 0 Å². The van der Waals surface area contributed by atoms with E-state index < -0.39 is 5.82 Å². The van der Waals surface area contributed by atoms with Gasteiger partial charge in [-0.15, -0.1) is 0 Å². The molecule has 0 radical (unpaired) electrons. The molecule has 3 N–H and O–H groups in total. The minimum Gasteiger partial charge on any atom is -0.396 e. The summed E-state index contributed by atoms with van der Waals surface area (Å²) in [5.74, 6) is -0.405. The molecule has 0 saturated heterocycles. The van der Waals surface area contributed by atoms with E-state index in [1.54, 1.807) is 12.1 Å². The van der Waals surface area contributed by atoms with Crippen LogP contribution in [0.15, 0.2) is 18.2 Å². The molecule has 5 heteroatoms. The minimum atomic E-state index is -0.405. The van der Waals surface area contributed by atoms with Crippen LogP contribution in [0.5, 0.6) is 0 Å². The van der Waals surface area contributed by atoms with Gasteiger partial charge < -0.3 is 15.7 Å². The van der Waals surface area contributed by atoms with Crippen LogP contribution in [0.1, 0.15) is 18.9 Å². The Labute approximate surface area is 106 Å². The number of benzene rings is 1. The zero-order chi connectivity index (χ0) is 12.8. The Morgan fingerprint density at radius 1 is 1.53 bits per heavy atom. The Balaban J connectivity index is 3.09. The fraction of sp³-hybridized carbons (Fsp3) is 0.417. The molecule has 0 fully saturated rings. The van der Waals surface area contributed by atoms with Gasteiger partial charge in [-0.1, -0.05) is 18.3 Å². The number of aliphatic hydroxyl groups excluding tert-OH is 1. The number of hydrogen-bond acceptors (Lipinski definition) is 3. The van der Waals surface area contributed by atoms with Gasteiger partial charge in [-0.3, -0.25) is 0 Å². The third-order valence-electron chi connectivity index (χ3n) is 2.55. The smallest absolute Gasteiger partial charge is 0.135 e. The van der Waals surface area contributed by atoms with Crippen LogP contribution < -0.4 is 10.6 Å². The molecule has 0 spiro atoms. The summed E-state index contributed by atoms with van der Waals surface area (Å²) < 4.78 is 13.7. The zero-order valence-corrected chi connectivity index (χ0v) is 10.6. The van der Waals surface area contributed by atoms with Crippen LogP contribution in [0.25, 0.3) is 0 Å². The number of hydrogen-bond donors (Lipinski definition) is 2. The fourth-order valence-corrected chi connectivity index (χ4v) is 1.93. The monoisotopic (exact) mass is 256 g/mol. The van der Waals surface area contributed by atoms with Gasteiger partial charge in [0, 0.05) is 25.4 Å². The molecule has 94 valence electrons. The van der Waals surface area contributed by atoms with Crippen LogP contribution in [0.2, 0.25) is 0 Å². The van der Waals surface area contributed by atoms with Crippen molar-refractivity contribution >= 4 is 22.9 Å². The first-order chi connectivity index (χ1) is 8.11. The molecule has 0 unspecified atom stereocenters. The predicted molar refractivity (Wildman–Crippen MR) is 71.9 cm³/mol. The normalized spacial score (nSPS) is 10.3. The molecule has 0 bridgehead atoms. The number of anilines is 1. The van der Waals surface area contributed by atoms with E-state index in [9.17, 15) is 4.39 Å². The second-order valence-electron chi connectivity index (χ2n) is 3.66. The lowest BCUT2D eigenvalue weighted by Gasteiger charge is -2.25. The molecule has 0 saturated carbocycles. The highest BCUT2D eigenvalue weighted by Crippen LogP contribution is 2.23. The maximum atomic E-state index is 13.7. The van der Waals surface area contributed by atoms with Gasteiger partial charge in [0.2, 0.25) is 0 Å². The van der Waals surface area contributed by atoms with E-state index in [2.05, 4.69) is 0 Å². The number of aliphatic hydroxyl groups is 1. The van der Waals surface area contributed by atoms with E-state index in [1.165, 1.54) is 6.07 Å². The Morgan fingerprint density at radius 3 is 2.76 bits per heavy atom. The zero-order valence-electron chi connectivity index (χ0n) is 9.82. The lowest BCUT2D eigenvalue weighted by Crippen LogP contribution is -2.28. The molecule has 0 aliphatic carbocycles. The number of thiocarbonyl (C=S) groups is 1. The molecular weight excluding hydrogens is 239 g/mol. The molecule has 1 aromatic rings. The summed E-state index contributed by atoms with van der Waals surface area (Å²) in [7, 11) is 0. The SMILES string of the molecule is CCN(CCCO)c1cccc(F)c1C(N)=S. The van der Waals surface area contributed by atoms with Gasteiger partial charge in [-0.05, 0) is 25.5 Å². The lowest BCUT2D eigenvalue weighted by molar-refractivity contribution is 0.289. The first kappa shape index (κ1) is 13.9. The average Bonchev–Trinajstić information content (AvgIpc) is 2.29. The first-order valence-electron chi connectivity index (χ1n) is 5.56. The lowest BCUT2D eigenvalue weighted by atomic mass is 10.1. The molecule has 1 rings (SSSR count). The number of rotatable bonds is 6. The summed E-state index contributed by atoms with van der Waals surface area (Å²) in [5.41, 5.74) is 6.52. The largest absolute Gasteiger partial charge is 0.396 e. The highest BCUT2D eigenvalue weighted by molar-refractivity contribution is 7.80. The van der Waals surface area contributed by atoms with Crippen LogP contribution in [0.3, 0.4) is 0 Å². The van der Waals surface area contributed by atoms with E-state index in [4.69, 9.17) is 23.1 Å². The molecule has 0 aliphatic heterocycles. The van der Waals surface area contributed by atoms with Crippen molar-refractivity contribution in [3.63, 3.8) is 0 Å². The molecule has 3 nitrogen and oxygen atoms in total. The van der Waals surface area contributed by atoms with Gasteiger partial charge in [0.1, 0.15) is 10.8 Å². The van der Waals surface area contributed by atoms with Gasteiger partial charge in [0.25, 0.3) is 0 Å². The van der Waals surface area contributed by atoms with Gasteiger partial charge >= 0.3 is 0 Å². The number of nitrogens with zero attached hydrogens (tertiary/aromatic N) is 1. The minimum absolute atomic E-state index is 0.0561. The van der Waals surface area contributed by atoms with Gasteiger partial charge in [0.15, 0.2) is 0 Å². The predicted octanol–water partition coefficient (Wildman–Crippen LogP) is 1.67. The second-order valence-corrected chi connectivity index (χ2v) is 4.09. The summed E-state index contributed by atoms with van der Waals surface area (Å²) in [6, 6.07) is 4.77. The summed E-state index contributed by atoms with van der Waals surface area (Å²) in [6.45, 7) is 3.42. The maximum Gasteiger partial charge on any atom is 0.135 e. The van der Waals surface area contributed by atoms with Crippen LogP contribution in [0.4, 0.5) is 10.1 Å². The van der Waals surface area contributed by atoms with Crippen LogP contribution in [-0.4, -0.2) is 29.8 Å². The summed E-state index contributed by atoms with van der Waals surface area (Å²) in [5, 5.41) is 8.84. The Kier molecular flexibility index (Phi) is 5.31. The number of nitrogens with two attached hydrogens (primary N) is 1. The van der Waals surface area contributed by atoms with Crippen LogP contribution >= 0.6 is 12.2 Å². The highest BCUT2D eigenvalue weighted by Gasteiger charge is 2.15.